The van der Waals surface area contributed by atoms with Gasteiger partial charge in [0.15, 0.2) is 0 Å². The fourth-order valence-electron chi connectivity index (χ4n) is 2.80. The Kier molecular flexibility index (Phi) is 3.91. The van der Waals surface area contributed by atoms with Crippen LogP contribution in [0.1, 0.15) is 11.1 Å². The number of nitrogens with zero attached hydrogens (tertiary/aromatic N) is 2. The maximum absolute atomic E-state index is 12.4. The van der Waals surface area contributed by atoms with Gasteiger partial charge >= 0.3 is 0 Å². The summed E-state index contributed by atoms with van der Waals surface area (Å²) in [7, 11) is 1.87. The van der Waals surface area contributed by atoms with Gasteiger partial charge in [0, 0.05) is 25.8 Å². The molecule has 1 aliphatic heterocycles. The van der Waals surface area contributed by atoms with E-state index in [9.17, 15) is 4.79 Å². The summed E-state index contributed by atoms with van der Waals surface area (Å²) in [4.78, 5) is 16.4. The van der Waals surface area contributed by atoms with Gasteiger partial charge in [0.25, 0.3) is 0 Å². The molecular weight excluding hydrogens is 260 g/mol. The second kappa shape index (κ2) is 6.00. The van der Waals surface area contributed by atoms with Crippen LogP contribution in [0.25, 0.3) is 0 Å². The van der Waals surface area contributed by atoms with Gasteiger partial charge in [-0.3, -0.25) is 4.79 Å². The third kappa shape index (κ3) is 3.07. The van der Waals surface area contributed by atoms with Crippen LogP contribution in [0.5, 0.6) is 0 Å². The summed E-state index contributed by atoms with van der Waals surface area (Å²) in [5, 5.41) is 0. The first-order chi connectivity index (χ1) is 10.2. The number of fused-ring (bicyclic) bond motifs is 1. The van der Waals surface area contributed by atoms with Gasteiger partial charge < -0.3 is 9.80 Å². The zero-order chi connectivity index (χ0) is 14.7. The third-order valence-electron chi connectivity index (χ3n) is 4.00. The molecule has 0 atom stereocenters. The standard InChI is InChI=1S/C18H20N2O/c1-19(13-15-7-3-2-4-8-15)18(21)14-20-12-11-16-9-5-6-10-17(16)20/h2-10H,11-14H2,1H3. The molecule has 0 spiro atoms. The summed E-state index contributed by atoms with van der Waals surface area (Å²) in [5.74, 6) is 0.163. The van der Waals surface area contributed by atoms with E-state index in [0.717, 1.165) is 18.5 Å². The molecule has 1 amide bonds. The number of likely N-dealkylation sites (N-methyl/N-ethyl adjacent to an activating group) is 1. The Morgan fingerprint density at radius 1 is 1.10 bits per heavy atom. The maximum atomic E-state index is 12.4. The molecule has 2 aromatic rings. The zero-order valence-electron chi connectivity index (χ0n) is 12.3. The largest absolute Gasteiger partial charge is 0.362 e. The van der Waals surface area contributed by atoms with Crippen molar-refractivity contribution in [1.29, 1.82) is 0 Å². The van der Waals surface area contributed by atoms with Crippen molar-refractivity contribution in [3.05, 3.63) is 65.7 Å². The van der Waals surface area contributed by atoms with E-state index < -0.39 is 0 Å². The summed E-state index contributed by atoms with van der Waals surface area (Å²) in [6.07, 6.45) is 1.03. The first kappa shape index (κ1) is 13.7. The highest BCUT2D eigenvalue weighted by Gasteiger charge is 2.21. The minimum Gasteiger partial charge on any atom is -0.362 e. The van der Waals surface area contributed by atoms with Crippen molar-refractivity contribution in [1.82, 2.24) is 4.90 Å². The van der Waals surface area contributed by atoms with Crippen molar-refractivity contribution < 1.29 is 4.79 Å². The number of benzene rings is 2. The van der Waals surface area contributed by atoms with E-state index in [0.29, 0.717) is 13.1 Å². The van der Waals surface area contributed by atoms with Crippen LogP contribution < -0.4 is 4.90 Å². The second-order valence-electron chi connectivity index (χ2n) is 5.54. The molecule has 1 aliphatic rings. The van der Waals surface area contributed by atoms with Gasteiger partial charge in [-0.05, 0) is 23.6 Å². The molecule has 0 saturated carbocycles. The Bertz CT molecular complexity index is 624. The monoisotopic (exact) mass is 280 g/mol. The van der Waals surface area contributed by atoms with Crippen LogP contribution in [-0.2, 0) is 17.8 Å². The minimum atomic E-state index is 0.163. The summed E-state index contributed by atoms with van der Waals surface area (Å²) in [5.41, 5.74) is 3.71. The van der Waals surface area contributed by atoms with Gasteiger partial charge in [0.05, 0.1) is 6.54 Å². The zero-order valence-corrected chi connectivity index (χ0v) is 12.3. The van der Waals surface area contributed by atoms with Crippen molar-refractivity contribution in [2.24, 2.45) is 0 Å². The molecule has 108 valence electrons. The average molecular weight is 280 g/mol. The molecule has 0 unspecified atom stereocenters. The molecule has 3 nitrogen and oxygen atoms in total. The van der Waals surface area contributed by atoms with Gasteiger partial charge in [0.1, 0.15) is 0 Å². The molecule has 0 aliphatic carbocycles. The van der Waals surface area contributed by atoms with E-state index in [4.69, 9.17) is 0 Å². The van der Waals surface area contributed by atoms with Crippen LogP contribution in [0, 0.1) is 0 Å². The molecule has 2 aromatic carbocycles. The SMILES string of the molecule is CN(Cc1ccccc1)C(=O)CN1CCc2ccccc21. The number of hydrogen-bond acceptors (Lipinski definition) is 2. The number of hydrogen-bond donors (Lipinski definition) is 0. The van der Waals surface area contributed by atoms with Crippen LogP contribution in [0.4, 0.5) is 5.69 Å². The number of amides is 1. The number of carbonyl (C=O) groups excluding carboxylic acids is 1. The summed E-state index contributed by atoms with van der Waals surface area (Å²) in [6.45, 7) is 2.06. The predicted octanol–water partition coefficient (Wildman–Crippen LogP) is 2.71. The summed E-state index contributed by atoms with van der Waals surface area (Å²) in [6, 6.07) is 18.5. The van der Waals surface area contributed by atoms with Crippen molar-refractivity contribution in [2.45, 2.75) is 13.0 Å². The quantitative estimate of drug-likeness (QED) is 0.859. The lowest BCUT2D eigenvalue weighted by atomic mass is 10.2. The highest BCUT2D eigenvalue weighted by molar-refractivity contribution is 5.82. The van der Waals surface area contributed by atoms with Crippen molar-refractivity contribution in [2.75, 3.05) is 25.0 Å². The smallest absolute Gasteiger partial charge is 0.242 e. The van der Waals surface area contributed by atoms with E-state index in [1.807, 2.05) is 31.3 Å². The summed E-state index contributed by atoms with van der Waals surface area (Å²) < 4.78 is 0. The Balaban J connectivity index is 1.62. The van der Waals surface area contributed by atoms with Crippen LogP contribution in [0.2, 0.25) is 0 Å². The summed E-state index contributed by atoms with van der Waals surface area (Å²) >= 11 is 0. The van der Waals surface area contributed by atoms with Gasteiger partial charge in [-0.2, -0.15) is 0 Å². The van der Waals surface area contributed by atoms with Crippen molar-refractivity contribution in [3.63, 3.8) is 0 Å². The molecule has 21 heavy (non-hydrogen) atoms. The first-order valence-corrected chi connectivity index (χ1v) is 7.35. The lowest BCUT2D eigenvalue weighted by Crippen LogP contribution is -2.37. The Labute approximate surface area is 125 Å². The van der Waals surface area contributed by atoms with E-state index in [1.165, 1.54) is 11.3 Å². The van der Waals surface area contributed by atoms with E-state index >= 15 is 0 Å². The van der Waals surface area contributed by atoms with Crippen molar-refractivity contribution >= 4 is 11.6 Å². The highest BCUT2D eigenvalue weighted by Crippen LogP contribution is 2.27. The van der Waals surface area contributed by atoms with Gasteiger partial charge in [-0.15, -0.1) is 0 Å². The molecule has 0 aromatic heterocycles. The Hall–Kier alpha value is -2.29. The molecular formula is C18H20N2O. The van der Waals surface area contributed by atoms with Gasteiger partial charge in [0.2, 0.25) is 5.91 Å². The number of anilines is 1. The Morgan fingerprint density at radius 2 is 1.81 bits per heavy atom. The van der Waals surface area contributed by atoms with Crippen LogP contribution in [0.3, 0.4) is 0 Å². The fourth-order valence-corrected chi connectivity index (χ4v) is 2.80. The Morgan fingerprint density at radius 3 is 2.62 bits per heavy atom. The maximum Gasteiger partial charge on any atom is 0.242 e. The fraction of sp³-hybridized carbons (Fsp3) is 0.278. The third-order valence-corrected chi connectivity index (χ3v) is 4.00. The molecule has 0 fully saturated rings. The van der Waals surface area contributed by atoms with Crippen molar-refractivity contribution in [3.8, 4) is 0 Å². The number of rotatable bonds is 4. The number of para-hydroxylation sites is 1. The molecule has 0 radical (unpaired) electrons. The van der Waals surface area contributed by atoms with Gasteiger partial charge in [-0.25, -0.2) is 0 Å². The van der Waals surface area contributed by atoms with Crippen LogP contribution in [-0.4, -0.2) is 30.9 Å². The first-order valence-electron chi connectivity index (χ1n) is 7.35. The molecule has 3 rings (SSSR count). The molecule has 1 heterocycles. The molecule has 3 heteroatoms. The highest BCUT2D eigenvalue weighted by atomic mass is 16.2. The lowest BCUT2D eigenvalue weighted by Gasteiger charge is -2.23. The van der Waals surface area contributed by atoms with Crippen LogP contribution >= 0.6 is 0 Å². The van der Waals surface area contributed by atoms with Gasteiger partial charge in [-0.1, -0.05) is 48.5 Å². The van der Waals surface area contributed by atoms with E-state index in [2.05, 4.69) is 35.2 Å². The lowest BCUT2D eigenvalue weighted by molar-refractivity contribution is -0.128. The predicted molar refractivity (Wildman–Crippen MR) is 85.3 cm³/mol. The molecule has 0 saturated heterocycles. The second-order valence-corrected chi connectivity index (χ2v) is 5.54. The topological polar surface area (TPSA) is 23.6 Å². The van der Waals surface area contributed by atoms with E-state index in [-0.39, 0.29) is 5.91 Å². The van der Waals surface area contributed by atoms with E-state index in [1.54, 1.807) is 4.90 Å². The minimum absolute atomic E-state index is 0.163. The normalized spacial score (nSPS) is 13.1. The van der Waals surface area contributed by atoms with Crippen LogP contribution in [0.15, 0.2) is 54.6 Å². The molecule has 0 bridgehead atoms. The molecule has 0 N–H and O–H groups in total. The number of carbonyl (C=O) groups is 1. The average Bonchev–Trinajstić information content (AvgIpc) is 2.91.